The maximum Gasteiger partial charge on any atom is 0.180 e. The average molecular weight is 281 g/mol. The summed E-state index contributed by atoms with van der Waals surface area (Å²) in [5.74, 6) is 0.932. The van der Waals surface area contributed by atoms with Crippen molar-refractivity contribution in [3.05, 3.63) is 24.3 Å². The Balaban J connectivity index is 2.14. The summed E-state index contributed by atoms with van der Waals surface area (Å²) in [7, 11) is -3.15. The number of benzene rings is 1. The molecule has 0 amide bonds. The monoisotopic (exact) mass is 281 g/mol. The number of rotatable bonds is 7. The molecule has 1 aromatic rings. The fourth-order valence-corrected chi connectivity index (χ4v) is 4.06. The Hall–Kier alpha value is -1.03. The van der Waals surface area contributed by atoms with Gasteiger partial charge in [0.15, 0.2) is 9.84 Å². The quantitative estimate of drug-likeness (QED) is 0.832. The molecular formula is C15H23NO2S. The van der Waals surface area contributed by atoms with Crippen LogP contribution < -0.4 is 5.32 Å². The molecule has 0 spiro atoms. The van der Waals surface area contributed by atoms with Crippen LogP contribution in [-0.4, -0.2) is 20.2 Å². The Bertz CT molecular complexity index is 525. The van der Waals surface area contributed by atoms with Gasteiger partial charge in [0.2, 0.25) is 0 Å². The third-order valence-electron chi connectivity index (χ3n) is 3.62. The molecule has 1 aromatic carbocycles. The van der Waals surface area contributed by atoms with Gasteiger partial charge in [0.05, 0.1) is 16.3 Å². The van der Waals surface area contributed by atoms with Crippen LogP contribution in [0.3, 0.4) is 0 Å². The van der Waals surface area contributed by atoms with E-state index in [0.717, 1.165) is 12.1 Å². The van der Waals surface area contributed by atoms with E-state index in [-0.39, 0.29) is 5.75 Å². The Morgan fingerprint density at radius 1 is 1.21 bits per heavy atom. The molecule has 1 aliphatic rings. The summed E-state index contributed by atoms with van der Waals surface area (Å²) in [6.07, 6.45) is 4.23. The highest BCUT2D eigenvalue weighted by Crippen LogP contribution is 2.38. The lowest BCUT2D eigenvalue weighted by Gasteiger charge is -2.12. The van der Waals surface area contributed by atoms with E-state index in [9.17, 15) is 8.42 Å². The van der Waals surface area contributed by atoms with E-state index in [1.807, 2.05) is 19.1 Å². The van der Waals surface area contributed by atoms with Crippen molar-refractivity contribution in [2.45, 2.75) is 50.5 Å². The largest absolute Gasteiger partial charge is 0.381 e. The fourth-order valence-electron chi connectivity index (χ4n) is 2.55. The number of para-hydroxylation sites is 1. The minimum Gasteiger partial charge on any atom is -0.381 e. The van der Waals surface area contributed by atoms with Gasteiger partial charge < -0.3 is 5.32 Å². The second-order valence-corrected chi connectivity index (χ2v) is 7.43. The molecule has 2 atom stereocenters. The number of nitrogens with one attached hydrogen (secondary N) is 1. The molecule has 0 bridgehead atoms. The van der Waals surface area contributed by atoms with Crippen molar-refractivity contribution in [3.8, 4) is 0 Å². The second kappa shape index (κ2) is 5.95. The SMILES string of the molecule is CCCC1CC1Nc1ccccc1S(=O)(=O)CCC. The van der Waals surface area contributed by atoms with E-state index >= 15 is 0 Å². The van der Waals surface area contributed by atoms with Crippen molar-refractivity contribution in [1.29, 1.82) is 0 Å². The first-order valence-corrected chi connectivity index (χ1v) is 8.82. The standard InChI is InChI=1S/C15H23NO2S/c1-3-7-12-11-14(12)16-13-8-5-6-9-15(13)19(17,18)10-4-2/h5-6,8-9,12,14,16H,3-4,7,10-11H2,1-2H3. The number of hydrogen-bond donors (Lipinski definition) is 1. The molecule has 4 heteroatoms. The van der Waals surface area contributed by atoms with Gasteiger partial charge in [-0.05, 0) is 37.3 Å². The molecule has 19 heavy (non-hydrogen) atoms. The van der Waals surface area contributed by atoms with E-state index in [4.69, 9.17) is 0 Å². The molecule has 0 saturated heterocycles. The summed E-state index contributed by atoms with van der Waals surface area (Å²) in [4.78, 5) is 0.457. The zero-order valence-electron chi connectivity index (χ0n) is 11.7. The molecule has 0 aliphatic heterocycles. The normalized spacial score (nSPS) is 22.2. The van der Waals surface area contributed by atoms with Crippen LogP contribution in [0.15, 0.2) is 29.2 Å². The Labute approximate surface area is 116 Å². The highest BCUT2D eigenvalue weighted by Gasteiger charge is 2.36. The lowest BCUT2D eigenvalue weighted by Crippen LogP contribution is -2.12. The second-order valence-electron chi connectivity index (χ2n) is 5.35. The minimum absolute atomic E-state index is 0.217. The summed E-state index contributed by atoms with van der Waals surface area (Å²) >= 11 is 0. The van der Waals surface area contributed by atoms with E-state index in [1.165, 1.54) is 12.8 Å². The van der Waals surface area contributed by atoms with Crippen LogP contribution >= 0.6 is 0 Å². The Kier molecular flexibility index (Phi) is 4.50. The zero-order chi connectivity index (χ0) is 13.9. The predicted molar refractivity (Wildman–Crippen MR) is 79.2 cm³/mol. The van der Waals surface area contributed by atoms with Crippen molar-refractivity contribution in [3.63, 3.8) is 0 Å². The summed E-state index contributed by atoms with van der Waals surface area (Å²) in [5.41, 5.74) is 0.777. The van der Waals surface area contributed by atoms with Gasteiger partial charge in [-0.25, -0.2) is 8.42 Å². The van der Waals surface area contributed by atoms with Gasteiger partial charge in [0, 0.05) is 6.04 Å². The van der Waals surface area contributed by atoms with Crippen molar-refractivity contribution < 1.29 is 8.42 Å². The van der Waals surface area contributed by atoms with E-state index in [1.54, 1.807) is 12.1 Å². The van der Waals surface area contributed by atoms with Gasteiger partial charge in [-0.1, -0.05) is 32.4 Å². The topological polar surface area (TPSA) is 46.2 Å². The molecule has 2 unspecified atom stereocenters. The van der Waals surface area contributed by atoms with Crippen molar-refractivity contribution in [2.75, 3.05) is 11.1 Å². The fraction of sp³-hybridized carbons (Fsp3) is 0.600. The molecule has 0 radical (unpaired) electrons. The molecular weight excluding hydrogens is 258 g/mol. The third-order valence-corrected chi connectivity index (χ3v) is 5.59. The lowest BCUT2D eigenvalue weighted by molar-refractivity contribution is 0.595. The highest BCUT2D eigenvalue weighted by molar-refractivity contribution is 7.91. The Morgan fingerprint density at radius 2 is 1.95 bits per heavy atom. The van der Waals surface area contributed by atoms with Crippen LogP contribution in [0.2, 0.25) is 0 Å². The van der Waals surface area contributed by atoms with Crippen molar-refractivity contribution in [1.82, 2.24) is 0 Å². The molecule has 1 aliphatic carbocycles. The first-order chi connectivity index (χ1) is 9.08. The smallest absolute Gasteiger partial charge is 0.180 e. The maximum atomic E-state index is 12.2. The summed E-state index contributed by atoms with van der Waals surface area (Å²) in [6, 6.07) is 7.74. The molecule has 1 fully saturated rings. The number of anilines is 1. The summed E-state index contributed by atoms with van der Waals surface area (Å²) in [5, 5.41) is 3.40. The molecule has 1 N–H and O–H groups in total. The van der Waals surface area contributed by atoms with Crippen molar-refractivity contribution in [2.24, 2.45) is 5.92 Å². The Morgan fingerprint density at radius 3 is 2.63 bits per heavy atom. The van der Waals surface area contributed by atoms with Gasteiger partial charge >= 0.3 is 0 Å². The van der Waals surface area contributed by atoms with Crippen LogP contribution in [0.5, 0.6) is 0 Å². The summed E-state index contributed by atoms with van der Waals surface area (Å²) in [6.45, 7) is 4.08. The molecule has 106 valence electrons. The predicted octanol–water partition coefficient (Wildman–Crippen LogP) is 3.47. The number of hydrogen-bond acceptors (Lipinski definition) is 3. The maximum absolute atomic E-state index is 12.2. The molecule has 2 rings (SSSR count). The first kappa shape index (κ1) is 14.4. The van der Waals surface area contributed by atoms with Gasteiger partial charge in [-0.15, -0.1) is 0 Å². The van der Waals surface area contributed by atoms with Crippen LogP contribution in [0.4, 0.5) is 5.69 Å². The molecule has 1 saturated carbocycles. The van der Waals surface area contributed by atoms with Crippen molar-refractivity contribution >= 4 is 15.5 Å². The number of sulfone groups is 1. The van der Waals surface area contributed by atoms with Gasteiger partial charge in [0.1, 0.15) is 0 Å². The molecule has 3 nitrogen and oxygen atoms in total. The van der Waals surface area contributed by atoms with Crippen LogP contribution in [0, 0.1) is 5.92 Å². The lowest BCUT2D eigenvalue weighted by atomic mass is 10.2. The van der Waals surface area contributed by atoms with Gasteiger partial charge in [-0.3, -0.25) is 0 Å². The minimum atomic E-state index is -3.15. The van der Waals surface area contributed by atoms with Gasteiger partial charge in [-0.2, -0.15) is 0 Å². The average Bonchev–Trinajstić information content (AvgIpc) is 3.08. The van der Waals surface area contributed by atoms with Crippen LogP contribution in [0.1, 0.15) is 39.5 Å². The van der Waals surface area contributed by atoms with Gasteiger partial charge in [0.25, 0.3) is 0 Å². The van der Waals surface area contributed by atoms with E-state index < -0.39 is 9.84 Å². The summed E-state index contributed by atoms with van der Waals surface area (Å²) < 4.78 is 24.4. The molecule has 0 aromatic heterocycles. The van der Waals surface area contributed by atoms with E-state index in [0.29, 0.717) is 23.3 Å². The third kappa shape index (κ3) is 3.50. The highest BCUT2D eigenvalue weighted by atomic mass is 32.2. The molecule has 0 heterocycles. The zero-order valence-corrected chi connectivity index (χ0v) is 12.5. The van der Waals surface area contributed by atoms with Crippen LogP contribution in [0.25, 0.3) is 0 Å². The first-order valence-electron chi connectivity index (χ1n) is 7.16. The van der Waals surface area contributed by atoms with Crippen LogP contribution in [-0.2, 0) is 9.84 Å². The van der Waals surface area contributed by atoms with E-state index in [2.05, 4.69) is 12.2 Å².